The lowest BCUT2D eigenvalue weighted by molar-refractivity contribution is 0.815. The predicted molar refractivity (Wildman–Crippen MR) is 45.8 cm³/mol. The van der Waals surface area contributed by atoms with Gasteiger partial charge in [-0.2, -0.15) is 5.10 Å². The third-order valence-corrected chi connectivity index (χ3v) is 1.82. The summed E-state index contributed by atoms with van der Waals surface area (Å²) in [5, 5.41) is 7.05. The van der Waals surface area contributed by atoms with E-state index in [1.165, 1.54) is 0 Å². The third-order valence-electron chi connectivity index (χ3n) is 1.82. The summed E-state index contributed by atoms with van der Waals surface area (Å²) in [7, 11) is 0. The Bertz CT molecular complexity index is 391. The molecule has 0 unspecified atom stereocenters. The molecule has 0 aliphatic heterocycles. The average molecular weight is 162 g/mol. The minimum Gasteiger partial charge on any atom is -0.279 e. The lowest BCUT2D eigenvalue weighted by Gasteiger charge is -1.98. The molecule has 12 heavy (non-hydrogen) atoms. The predicted octanol–water partition coefficient (Wildman–Crippen LogP) is 1.48. The van der Waals surface area contributed by atoms with Crippen LogP contribution in [-0.4, -0.2) is 20.2 Å². The number of rotatable bonds is 1. The topological polar surface area (TPSA) is 54.5 Å². The van der Waals surface area contributed by atoms with Crippen LogP contribution in [0, 0.1) is 0 Å². The zero-order valence-corrected chi connectivity index (χ0v) is 7.07. The van der Waals surface area contributed by atoms with Crippen LogP contribution in [0.2, 0.25) is 0 Å². The van der Waals surface area contributed by atoms with Gasteiger partial charge in [-0.1, -0.05) is 13.8 Å². The molecule has 0 atom stereocenters. The fraction of sp³-hybridized carbons (Fsp3) is 0.375. The van der Waals surface area contributed by atoms with Gasteiger partial charge in [-0.3, -0.25) is 5.10 Å². The molecule has 2 rings (SSSR count). The Hall–Kier alpha value is -1.45. The average Bonchev–Trinajstić information content (AvgIpc) is 2.47. The van der Waals surface area contributed by atoms with Crippen molar-refractivity contribution >= 4 is 11.0 Å². The van der Waals surface area contributed by atoms with Crippen molar-refractivity contribution in [2.24, 2.45) is 0 Å². The van der Waals surface area contributed by atoms with E-state index in [4.69, 9.17) is 0 Å². The molecule has 1 N–H and O–H groups in total. The van der Waals surface area contributed by atoms with Gasteiger partial charge in [0.15, 0.2) is 0 Å². The fourth-order valence-corrected chi connectivity index (χ4v) is 1.19. The Morgan fingerprint density at radius 3 is 3.00 bits per heavy atom. The van der Waals surface area contributed by atoms with Gasteiger partial charge in [0.05, 0.1) is 11.9 Å². The maximum atomic E-state index is 4.16. The molecule has 0 bridgehead atoms. The van der Waals surface area contributed by atoms with Gasteiger partial charge in [0.2, 0.25) is 0 Å². The third kappa shape index (κ3) is 0.958. The van der Waals surface area contributed by atoms with E-state index in [2.05, 4.69) is 34.0 Å². The quantitative estimate of drug-likeness (QED) is 0.690. The van der Waals surface area contributed by atoms with Gasteiger partial charge in [0.1, 0.15) is 17.4 Å². The molecule has 2 aromatic rings. The second kappa shape index (κ2) is 2.55. The summed E-state index contributed by atoms with van der Waals surface area (Å²) in [5.74, 6) is 0.421. The van der Waals surface area contributed by atoms with E-state index in [0.717, 1.165) is 16.7 Å². The largest absolute Gasteiger partial charge is 0.279 e. The molecule has 62 valence electrons. The molecule has 0 radical (unpaired) electrons. The molecule has 2 aromatic heterocycles. The maximum Gasteiger partial charge on any atom is 0.129 e. The van der Waals surface area contributed by atoms with Crippen LogP contribution < -0.4 is 0 Å². The highest BCUT2D eigenvalue weighted by molar-refractivity contribution is 5.75. The number of nitrogens with one attached hydrogen (secondary N) is 1. The van der Waals surface area contributed by atoms with E-state index in [9.17, 15) is 0 Å². The van der Waals surface area contributed by atoms with Crippen molar-refractivity contribution in [1.29, 1.82) is 0 Å². The highest BCUT2D eigenvalue weighted by Crippen LogP contribution is 2.18. The SMILES string of the molecule is CC(C)c1[nH]nc2cncnc12. The molecule has 0 aliphatic rings. The number of aromatic nitrogens is 4. The van der Waals surface area contributed by atoms with Crippen LogP contribution in [0.5, 0.6) is 0 Å². The molecular weight excluding hydrogens is 152 g/mol. The number of hydrogen-bond acceptors (Lipinski definition) is 3. The Kier molecular flexibility index (Phi) is 1.53. The zero-order valence-electron chi connectivity index (χ0n) is 7.07. The molecule has 4 nitrogen and oxygen atoms in total. The summed E-state index contributed by atoms with van der Waals surface area (Å²) in [6, 6.07) is 0. The van der Waals surface area contributed by atoms with E-state index < -0.39 is 0 Å². The lowest BCUT2D eigenvalue weighted by atomic mass is 10.1. The van der Waals surface area contributed by atoms with Crippen molar-refractivity contribution in [1.82, 2.24) is 20.2 Å². The molecule has 0 saturated carbocycles. The highest BCUT2D eigenvalue weighted by atomic mass is 15.1. The molecule has 0 aromatic carbocycles. The van der Waals surface area contributed by atoms with Crippen molar-refractivity contribution < 1.29 is 0 Å². The van der Waals surface area contributed by atoms with Crippen LogP contribution in [0.4, 0.5) is 0 Å². The first-order valence-electron chi connectivity index (χ1n) is 3.93. The van der Waals surface area contributed by atoms with E-state index in [0.29, 0.717) is 5.92 Å². The minimum atomic E-state index is 0.421. The van der Waals surface area contributed by atoms with Crippen LogP contribution >= 0.6 is 0 Å². The van der Waals surface area contributed by atoms with Gasteiger partial charge < -0.3 is 0 Å². The van der Waals surface area contributed by atoms with Gasteiger partial charge >= 0.3 is 0 Å². The second-order valence-electron chi connectivity index (χ2n) is 3.05. The smallest absolute Gasteiger partial charge is 0.129 e. The van der Waals surface area contributed by atoms with Crippen LogP contribution in [0.3, 0.4) is 0 Å². The summed E-state index contributed by atoms with van der Waals surface area (Å²) in [6.45, 7) is 4.21. The molecule has 0 saturated heterocycles. The first-order valence-corrected chi connectivity index (χ1v) is 3.93. The van der Waals surface area contributed by atoms with E-state index in [1.54, 1.807) is 12.5 Å². The zero-order chi connectivity index (χ0) is 8.55. The monoisotopic (exact) mass is 162 g/mol. The van der Waals surface area contributed by atoms with Crippen LogP contribution in [0.1, 0.15) is 25.5 Å². The van der Waals surface area contributed by atoms with Gasteiger partial charge in [-0.15, -0.1) is 0 Å². The Balaban J connectivity index is 2.70. The van der Waals surface area contributed by atoms with E-state index in [1.807, 2.05) is 0 Å². The molecule has 4 heteroatoms. The molecule has 0 amide bonds. The minimum absolute atomic E-state index is 0.421. The number of hydrogen-bond donors (Lipinski definition) is 1. The number of nitrogens with zero attached hydrogens (tertiary/aromatic N) is 3. The van der Waals surface area contributed by atoms with Crippen molar-refractivity contribution in [3.8, 4) is 0 Å². The fourth-order valence-electron chi connectivity index (χ4n) is 1.19. The van der Waals surface area contributed by atoms with Gasteiger partial charge in [-0.25, -0.2) is 9.97 Å². The van der Waals surface area contributed by atoms with Gasteiger partial charge in [0, 0.05) is 0 Å². The van der Waals surface area contributed by atoms with Crippen LogP contribution in [0.15, 0.2) is 12.5 Å². The Morgan fingerprint density at radius 1 is 1.42 bits per heavy atom. The van der Waals surface area contributed by atoms with Gasteiger partial charge in [-0.05, 0) is 5.92 Å². The first-order chi connectivity index (χ1) is 5.79. The number of fused-ring (bicyclic) bond motifs is 1. The molecule has 0 fully saturated rings. The lowest BCUT2D eigenvalue weighted by Crippen LogP contribution is -1.89. The van der Waals surface area contributed by atoms with Crippen molar-refractivity contribution in [2.45, 2.75) is 19.8 Å². The number of H-pyrrole nitrogens is 1. The normalized spacial score (nSPS) is 11.2. The van der Waals surface area contributed by atoms with Gasteiger partial charge in [0.25, 0.3) is 0 Å². The molecule has 0 aliphatic carbocycles. The standard InChI is InChI=1S/C8H10N4/c1-5(2)7-8-6(11-12-7)3-9-4-10-8/h3-5H,1-2H3,(H,11,12). The summed E-state index contributed by atoms with van der Waals surface area (Å²) < 4.78 is 0. The van der Waals surface area contributed by atoms with Crippen molar-refractivity contribution in [3.63, 3.8) is 0 Å². The summed E-state index contributed by atoms with van der Waals surface area (Å²) in [6.07, 6.45) is 3.26. The molecular formula is C8H10N4. The summed E-state index contributed by atoms with van der Waals surface area (Å²) in [4.78, 5) is 8.05. The van der Waals surface area contributed by atoms with Crippen molar-refractivity contribution in [3.05, 3.63) is 18.2 Å². The van der Waals surface area contributed by atoms with Crippen LogP contribution in [0.25, 0.3) is 11.0 Å². The molecule has 0 spiro atoms. The summed E-state index contributed by atoms with van der Waals surface area (Å²) in [5.41, 5.74) is 2.84. The second-order valence-corrected chi connectivity index (χ2v) is 3.05. The van der Waals surface area contributed by atoms with Crippen LogP contribution in [-0.2, 0) is 0 Å². The Labute approximate surface area is 70.0 Å². The van der Waals surface area contributed by atoms with E-state index in [-0.39, 0.29) is 0 Å². The summed E-state index contributed by atoms with van der Waals surface area (Å²) >= 11 is 0. The maximum absolute atomic E-state index is 4.16. The molecule has 2 heterocycles. The number of aromatic amines is 1. The van der Waals surface area contributed by atoms with E-state index >= 15 is 0 Å². The first kappa shape index (κ1) is 7.21. The van der Waals surface area contributed by atoms with Crippen molar-refractivity contribution in [2.75, 3.05) is 0 Å². The highest BCUT2D eigenvalue weighted by Gasteiger charge is 2.08. The Morgan fingerprint density at radius 2 is 2.25 bits per heavy atom.